The molecule has 4 nitrogen and oxygen atoms in total. The van der Waals surface area contributed by atoms with Crippen molar-refractivity contribution in [2.75, 3.05) is 20.2 Å². The first kappa shape index (κ1) is 16.8. The number of likely N-dealkylation sites (tertiary alicyclic amines) is 1. The molecule has 1 aromatic rings. The number of hydrogen-bond donors (Lipinski definition) is 1. The second-order valence-corrected chi connectivity index (χ2v) is 5.17. The average molecular weight is 300 g/mol. The van der Waals surface area contributed by atoms with E-state index in [4.69, 9.17) is 4.74 Å². The monoisotopic (exact) mass is 299 g/mol. The zero-order valence-electron chi connectivity index (χ0n) is 11.7. The smallest absolute Gasteiger partial charge is 0.305 e. The van der Waals surface area contributed by atoms with Crippen LogP contribution in [-0.4, -0.2) is 36.2 Å². The van der Waals surface area contributed by atoms with Crippen molar-refractivity contribution >= 4 is 18.4 Å². The highest BCUT2D eigenvalue weighted by atomic mass is 35.5. The van der Waals surface area contributed by atoms with E-state index in [1.54, 1.807) is 12.1 Å². The van der Waals surface area contributed by atoms with E-state index in [1.165, 1.54) is 7.11 Å². The summed E-state index contributed by atoms with van der Waals surface area (Å²) in [6.45, 7) is 2.86. The third-order valence-electron chi connectivity index (χ3n) is 3.71. The Balaban J connectivity index is 0.00000200. The zero-order chi connectivity index (χ0) is 13.7. The lowest BCUT2D eigenvalue weighted by Gasteiger charge is -2.31. The van der Waals surface area contributed by atoms with Crippen LogP contribution in [0.2, 0.25) is 0 Å². The van der Waals surface area contributed by atoms with Crippen molar-refractivity contribution in [1.29, 1.82) is 0 Å². The van der Waals surface area contributed by atoms with Gasteiger partial charge in [0.15, 0.2) is 0 Å². The molecule has 5 heteroatoms. The highest BCUT2D eigenvalue weighted by Gasteiger charge is 2.21. The van der Waals surface area contributed by atoms with Crippen LogP contribution < -0.4 is 0 Å². The quantitative estimate of drug-likeness (QED) is 0.868. The molecule has 0 unspecified atom stereocenters. The first-order valence-corrected chi connectivity index (χ1v) is 6.74. The van der Waals surface area contributed by atoms with E-state index >= 15 is 0 Å². The standard InChI is InChI=1S/C15H21NO3.ClH/c1-19-15(18)10-12-5-7-16(8-6-12)11-13-3-2-4-14(17)9-13;/h2-4,9,12,17H,5-8,10-11H2,1H3;1H. The third kappa shape index (κ3) is 5.02. The fourth-order valence-electron chi connectivity index (χ4n) is 2.58. The minimum atomic E-state index is -0.105. The van der Waals surface area contributed by atoms with Crippen molar-refractivity contribution in [2.45, 2.75) is 25.8 Å². The van der Waals surface area contributed by atoms with Gasteiger partial charge in [0.05, 0.1) is 7.11 Å². The molecule has 1 saturated heterocycles. The predicted octanol–water partition coefficient (Wildman–Crippen LogP) is 2.59. The van der Waals surface area contributed by atoms with Crippen LogP contribution in [0, 0.1) is 5.92 Å². The molecule has 0 radical (unpaired) electrons. The van der Waals surface area contributed by atoms with Crippen LogP contribution in [0.1, 0.15) is 24.8 Å². The van der Waals surface area contributed by atoms with Crippen molar-refractivity contribution in [2.24, 2.45) is 5.92 Å². The van der Waals surface area contributed by atoms with Crippen molar-refractivity contribution in [3.63, 3.8) is 0 Å². The van der Waals surface area contributed by atoms with Gasteiger partial charge in [0.1, 0.15) is 5.75 Å². The Bertz CT molecular complexity index is 431. The van der Waals surface area contributed by atoms with Crippen LogP contribution in [0.5, 0.6) is 5.75 Å². The molecule has 1 aliphatic heterocycles. The number of methoxy groups -OCH3 is 1. The number of benzene rings is 1. The van der Waals surface area contributed by atoms with Crippen LogP contribution >= 0.6 is 12.4 Å². The SMILES string of the molecule is COC(=O)CC1CCN(Cc2cccc(O)c2)CC1.Cl. The summed E-state index contributed by atoms with van der Waals surface area (Å²) in [5.74, 6) is 0.664. The molecule has 1 fully saturated rings. The molecule has 1 aromatic carbocycles. The van der Waals surface area contributed by atoms with Gasteiger partial charge in [0, 0.05) is 13.0 Å². The number of hydrogen-bond acceptors (Lipinski definition) is 4. The molecule has 20 heavy (non-hydrogen) atoms. The number of carbonyl (C=O) groups is 1. The third-order valence-corrected chi connectivity index (χ3v) is 3.71. The maximum Gasteiger partial charge on any atom is 0.305 e. The largest absolute Gasteiger partial charge is 0.508 e. The van der Waals surface area contributed by atoms with Gasteiger partial charge in [-0.25, -0.2) is 0 Å². The summed E-state index contributed by atoms with van der Waals surface area (Å²) in [5, 5.41) is 9.44. The van der Waals surface area contributed by atoms with Crippen LogP contribution in [0.15, 0.2) is 24.3 Å². The number of rotatable bonds is 4. The Labute approximate surface area is 126 Å². The molecule has 0 aromatic heterocycles. The second-order valence-electron chi connectivity index (χ2n) is 5.17. The minimum absolute atomic E-state index is 0. The maximum absolute atomic E-state index is 11.2. The fraction of sp³-hybridized carbons (Fsp3) is 0.533. The van der Waals surface area contributed by atoms with E-state index in [2.05, 4.69) is 4.90 Å². The molecule has 0 aliphatic carbocycles. The van der Waals surface area contributed by atoms with E-state index in [0.717, 1.165) is 38.0 Å². The molecule has 0 spiro atoms. The van der Waals surface area contributed by atoms with Gasteiger partial charge in [-0.3, -0.25) is 9.69 Å². The van der Waals surface area contributed by atoms with Crippen molar-refractivity contribution in [3.8, 4) is 5.75 Å². The lowest BCUT2D eigenvalue weighted by atomic mass is 9.93. The lowest BCUT2D eigenvalue weighted by Crippen LogP contribution is -2.34. The molecule has 0 bridgehead atoms. The highest BCUT2D eigenvalue weighted by molar-refractivity contribution is 5.85. The van der Waals surface area contributed by atoms with Gasteiger partial charge in [-0.15, -0.1) is 12.4 Å². The van der Waals surface area contributed by atoms with Crippen LogP contribution in [0.4, 0.5) is 0 Å². The van der Waals surface area contributed by atoms with E-state index in [1.807, 2.05) is 12.1 Å². The Morgan fingerprint density at radius 3 is 2.70 bits per heavy atom. The topological polar surface area (TPSA) is 49.8 Å². The van der Waals surface area contributed by atoms with E-state index in [9.17, 15) is 9.90 Å². The van der Waals surface area contributed by atoms with Crippen LogP contribution in [0.25, 0.3) is 0 Å². The minimum Gasteiger partial charge on any atom is -0.508 e. The van der Waals surface area contributed by atoms with E-state index < -0.39 is 0 Å². The van der Waals surface area contributed by atoms with Crippen LogP contribution in [0.3, 0.4) is 0 Å². The molecular formula is C15H22ClNO3. The molecule has 0 atom stereocenters. The highest BCUT2D eigenvalue weighted by Crippen LogP contribution is 2.22. The first-order valence-electron chi connectivity index (χ1n) is 6.74. The number of ether oxygens (including phenoxy) is 1. The van der Waals surface area contributed by atoms with Crippen molar-refractivity contribution < 1.29 is 14.6 Å². The summed E-state index contributed by atoms with van der Waals surface area (Å²) >= 11 is 0. The summed E-state index contributed by atoms with van der Waals surface area (Å²) in [6, 6.07) is 7.39. The first-order chi connectivity index (χ1) is 9.17. The lowest BCUT2D eigenvalue weighted by molar-refractivity contribution is -0.142. The Morgan fingerprint density at radius 2 is 2.10 bits per heavy atom. The van der Waals surface area contributed by atoms with Gasteiger partial charge in [-0.05, 0) is 49.5 Å². The summed E-state index contributed by atoms with van der Waals surface area (Å²) in [5.41, 5.74) is 1.13. The van der Waals surface area contributed by atoms with Crippen LogP contribution in [-0.2, 0) is 16.1 Å². The predicted molar refractivity (Wildman–Crippen MR) is 80.0 cm³/mol. The summed E-state index contributed by atoms with van der Waals surface area (Å²) in [6.07, 6.45) is 2.61. The molecule has 112 valence electrons. The summed E-state index contributed by atoms with van der Waals surface area (Å²) in [7, 11) is 1.44. The van der Waals surface area contributed by atoms with Gasteiger partial charge in [0.25, 0.3) is 0 Å². The fourth-order valence-corrected chi connectivity index (χ4v) is 2.58. The van der Waals surface area contributed by atoms with E-state index in [-0.39, 0.29) is 18.4 Å². The second kappa shape index (κ2) is 8.12. The van der Waals surface area contributed by atoms with Gasteiger partial charge in [0.2, 0.25) is 0 Å². The van der Waals surface area contributed by atoms with E-state index in [0.29, 0.717) is 18.1 Å². The average Bonchev–Trinajstić information content (AvgIpc) is 2.41. The molecular weight excluding hydrogens is 278 g/mol. The van der Waals surface area contributed by atoms with Gasteiger partial charge >= 0.3 is 5.97 Å². The number of nitrogens with zero attached hydrogens (tertiary/aromatic N) is 1. The summed E-state index contributed by atoms with van der Waals surface area (Å²) < 4.78 is 4.71. The van der Waals surface area contributed by atoms with Gasteiger partial charge in [-0.2, -0.15) is 0 Å². The number of aromatic hydroxyl groups is 1. The Kier molecular flexibility index (Phi) is 6.82. The number of esters is 1. The number of phenols is 1. The maximum atomic E-state index is 11.2. The number of carbonyl (C=O) groups excluding carboxylic acids is 1. The molecule has 1 N–H and O–H groups in total. The summed E-state index contributed by atoms with van der Waals surface area (Å²) in [4.78, 5) is 13.6. The van der Waals surface area contributed by atoms with Gasteiger partial charge < -0.3 is 9.84 Å². The Morgan fingerprint density at radius 1 is 1.40 bits per heavy atom. The number of halogens is 1. The van der Waals surface area contributed by atoms with Crippen molar-refractivity contribution in [3.05, 3.63) is 29.8 Å². The molecule has 0 saturated carbocycles. The number of phenolic OH excluding ortho intramolecular Hbond substituents is 1. The molecule has 0 amide bonds. The van der Waals surface area contributed by atoms with Gasteiger partial charge in [-0.1, -0.05) is 12.1 Å². The number of piperidine rings is 1. The zero-order valence-corrected chi connectivity index (χ0v) is 12.6. The normalized spacial score (nSPS) is 16.4. The molecule has 1 aliphatic rings. The van der Waals surface area contributed by atoms with Crippen molar-refractivity contribution in [1.82, 2.24) is 4.90 Å². The Hall–Kier alpha value is -1.26. The molecule has 2 rings (SSSR count). The molecule has 1 heterocycles.